The van der Waals surface area contributed by atoms with Crippen molar-refractivity contribution in [2.75, 3.05) is 32.7 Å². The zero-order valence-electron chi connectivity index (χ0n) is 10.2. The maximum absolute atomic E-state index is 3.47. The van der Waals surface area contributed by atoms with Crippen molar-refractivity contribution in [1.29, 1.82) is 0 Å². The summed E-state index contributed by atoms with van der Waals surface area (Å²) >= 11 is 2.07. The molecule has 3 heteroatoms. The minimum Gasteiger partial charge on any atom is -0.315 e. The Labute approximate surface area is 108 Å². The minimum absolute atomic E-state index is 0.769. The molecule has 2 aliphatic heterocycles. The molecule has 0 amide bonds. The smallest absolute Gasteiger partial charge is 0.0263 e. The molecule has 1 aromatic carbocycles. The molecule has 0 aliphatic carbocycles. The Morgan fingerprint density at radius 2 is 2.18 bits per heavy atom. The first-order valence-electron chi connectivity index (χ1n) is 6.59. The van der Waals surface area contributed by atoms with Gasteiger partial charge in [0.05, 0.1) is 0 Å². The first kappa shape index (κ1) is 11.6. The van der Waals surface area contributed by atoms with E-state index in [2.05, 4.69) is 46.2 Å². The predicted octanol–water partition coefficient (Wildman–Crippen LogP) is 2.00. The van der Waals surface area contributed by atoms with E-state index in [4.69, 9.17) is 0 Å². The topological polar surface area (TPSA) is 15.3 Å². The van der Waals surface area contributed by atoms with E-state index < -0.39 is 0 Å². The normalized spacial score (nSPS) is 25.5. The van der Waals surface area contributed by atoms with Crippen LogP contribution in [0.2, 0.25) is 0 Å². The van der Waals surface area contributed by atoms with Crippen LogP contribution < -0.4 is 5.32 Å². The van der Waals surface area contributed by atoms with Crippen molar-refractivity contribution >= 4 is 11.8 Å². The van der Waals surface area contributed by atoms with Crippen LogP contribution in [-0.2, 0) is 6.42 Å². The van der Waals surface area contributed by atoms with Gasteiger partial charge in [-0.05, 0) is 37.6 Å². The van der Waals surface area contributed by atoms with Crippen LogP contribution in [0.25, 0.3) is 0 Å². The number of benzene rings is 1. The molecule has 0 aromatic heterocycles. The van der Waals surface area contributed by atoms with E-state index in [1.54, 1.807) is 5.56 Å². The molecule has 0 bridgehead atoms. The molecule has 92 valence electrons. The molecule has 3 rings (SSSR count). The number of rotatable bonds is 2. The number of hydrogen-bond donors (Lipinski definition) is 1. The van der Waals surface area contributed by atoms with Gasteiger partial charge in [0.25, 0.3) is 0 Å². The average Bonchev–Trinajstić information content (AvgIpc) is 2.57. The van der Waals surface area contributed by atoms with Gasteiger partial charge in [0.15, 0.2) is 0 Å². The van der Waals surface area contributed by atoms with Crippen molar-refractivity contribution in [2.24, 2.45) is 0 Å². The SMILES string of the molecule is c1ccc2c(c1)CC(CN1CCCNCC1)S2. The summed E-state index contributed by atoms with van der Waals surface area (Å²) in [6, 6.07) is 8.87. The third-order valence-corrected chi connectivity index (χ3v) is 4.91. The lowest BCUT2D eigenvalue weighted by atomic mass is 10.1. The lowest BCUT2D eigenvalue weighted by Gasteiger charge is -2.22. The number of nitrogens with one attached hydrogen (secondary N) is 1. The van der Waals surface area contributed by atoms with E-state index in [-0.39, 0.29) is 0 Å². The largest absolute Gasteiger partial charge is 0.315 e. The van der Waals surface area contributed by atoms with Crippen LogP contribution in [0.3, 0.4) is 0 Å². The quantitative estimate of drug-likeness (QED) is 0.862. The molecule has 0 radical (unpaired) electrons. The van der Waals surface area contributed by atoms with E-state index in [1.165, 1.54) is 43.9 Å². The summed E-state index contributed by atoms with van der Waals surface area (Å²) in [5.74, 6) is 0. The summed E-state index contributed by atoms with van der Waals surface area (Å²) in [4.78, 5) is 4.13. The fraction of sp³-hybridized carbons (Fsp3) is 0.571. The molecule has 1 aromatic rings. The fourth-order valence-corrected chi connectivity index (χ4v) is 4.10. The summed E-state index contributed by atoms with van der Waals surface area (Å²) < 4.78 is 0. The highest BCUT2D eigenvalue weighted by Gasteiger charge is 2.23. The van der Waals surface area contributed by atoms with Crippen LogP contribution in [0.4, 0.5) is 0 Å². The zero-order valence-corrected chi connectivity index (χ0v) is 11.0. The Hall–Kier alpha value is -0.510. The third kappa shape index (κ3) is 2.84. The fourth-order valence-electron chi connectivity index (χ4n) is 2.73. The highest BCUT2D eigenvalue weighted by atomic mass is 32.2. The Morgan fingerprint density at radius 3 is 3.12 bits per heavy atom. The number of thioether (sulfide) groups is 1. The van der Waals surface area contributed by atoms with E-state index in [9.17, 15) is 0 Å². The van der Waals surface area contributed by atoms with Crippen molar-refractivity contribution < 1.29 is 0 Å². The van der Waals surface area contributed by atoms with E-state index in [0.29, 0.717) is 0 Å². The minimum atomic E-state index is 0.769. The monoisotopic (exact) mass is 248 g/mol. The molecule has 1 saturated heterocycles. The first-order chi connectivity index (χ1) is 8.42. The van der Waals surface area contributed by atoms with Crippen LogP contribution in [-0.4, -0.2) is 42.9 Å². The second-order valence-corrected chi connectivity index (χ2v) is 6.30. The Bertz CT molecular complexity index is 347. The zero-order chi connectivity index (χ0) is 11.5. The van der Waals surface area contributed by atoms with E-state index in [0.717, 1.165) is 11.8 Å². The van der Waals surface area contributed by atoms with Gasteiger partial charge in [0.2, 0.25) is 0 Å². The molecule has 1 fully saturated rings. The van der Waals surface area contributed by atoms with Crippen molar-refractivity contribution in [3.05, 3.63) is 29.8 Å². The Morgan fingerprint density at radius 1 is 1.24 bits per heavy atom. The molecule has 1 unspecified atom stereocenters. The summed E-state index contributed by atoms with van der Waals surface area (Å²) in [6.07, 6.45) is 2.55. The number of nitrogens with zero attached hydrogens (tertiary/aromatic N) is 1. The van der Waals surface area contributed by atoms with Gasteiger partial charge in [-0.15, -0.1) is 11.8 Å². The van der Waals surface area contributed by atoms with Crippen LogP contribution in [0.1, 0.15) is 12.0 Å². The summed E-state index contributed by atoms with van der Waals surface area (Å²) in [5, 5.41) is 4.24. The molecule has 2 nitrogen and oxygen atoms in total. The summed E-state index contributed by atoms with van der Waals surface area (Å²) in [7, 11) is 0. The van der Waals surface area contributed by atoms with Gasteiger partial charge in [0, 0.05) is 29.8 Å². The van der Waals surface area contributed by atoms with Crippen LogP contribution in [0.15, 0.2) is 29.2 Å². The lowest BCUT2D eigenvalue weighted by Crippen LogP contribution is -2.33. The highest BCUT2D eigenvalue weighted by Crippen LogP contribution is 2.36. The molecule has 2 aliphatic rings. The van der Waals surface area contributed by atoms with Gasteiger partial charge in [-0.2, -0.15) is 0 Å². The molecule has 1 atom stereocenters. The second-order valence-electron chi connectivity index (χ2n) is 4.96. The summed E-state index contributed by atoms with van der Waals surface area (Å²) in [5.41, 5.74) is 1.55. The second kappa shape index (κ2) is 5.42. The molecule has 2 heterocycles. The first-order valence-corrected chi connectivity index (χ1v) is 7.47. The predicted molar refractivity (Wildman–Crippen MR) is 73.7 cm³/mol. The molecular weight excluding hydrogens is 228 g/mol. The van der Waals surface area contributed by atoms with Gasteiger partial charge >= 0.3 is 0 Å². The standard InChI is InChI=1S/C14H20N2S/c1-2-5-14-12(4-1)10-13(17-14)11-16-8-3-6-15-7-9-16/h1-2,4-5,13,15H,3,6-11H2. The Balaban J connectivity index is 1.57. The summed E-state index contributed by atoms with van der Waals surface area (Å²) in [6.45, 7) is 6.08. The van der Waals surface area contributed by atoms with Crippen molar-refractivity contribution in [1.82, 2.24) is 10.2 Å². The highest BCUT2D eigenvalue weighted by molar-refractivity contribution is 8.00. The number of fused-ring (bicyclic) bond motifs is 1. The molecule has 0 saturated carbocycles. The molecular formula is C14H20N2S. The molecule has 17 heavy (non-hydrogen) atoms. The van der Waals surface area contributed by atoms with Gasteiger partial charge in [-0.25, -0.2) is 0 Å². The van der Waals surface area contributed by atoms with Gasteiger partial charge in [-0.1, -0.05) is 18.2 Å². The Kier molecular flexibility index (Phi) is 3.69. The van der Waals surface area contributed by atoms with Crippen LogP contribution >= 0.6 is 11.8 Å². The third-order valence-electron chi connectivity index (χ3n) is 3.61. The van der Waals surface area contributed by atoms with Crippen molar-refractivity contribution in [3.8, 4) is 0 Å². The van der Waals surface area contributed by atoms with Crippen molar-refractivity contribution in [3.63, 3.8) is 0 Å². The maximum atomic E-state index is 3.47. The lowest BCUT2D eigenvalue weighted by molar-refractivity contribution is 0.293. The maximum Gasteiger partial charge on any atom is 0.0263 e. The van der Waals surface area contributed by atoms with Crippen LogP contribution in [0.5, 0.6) is 0 Å². The van der Waals surface area contributed by atoms with Gasteiger partial charge in [-0.3, -0.25) is 0 Å². The average molecular weight is 248 g/mol. The molecule has 0 spiro atoms. The van der Waals surface area contributed by atoms with E-state index in [1.807, 2.05) is 0 Å². The van der Waals surface area contributed by atoms with E-state index >= 15 is 0 Å². The number of hydrogen-bond acceptors (Lipinski definition) is 3. The van der Waals surface area contributed by atoms with Gasteiger partial charge in [0.1, 0.15) is 0 Å². The van der Waals surface area contributed by atoms with Crippen LogP contribution in [0, 0.1) is 0 Å². The van der Waals surface area contributed by atoms with Crippen molar-refractivity contribution in [2.45, 2.75) is 23.0 Å². The molecule has 1 N–H and O–H groups in total. The van der Waals surface area contributed by atoms with Gasteiger partial charge < -0.3 is 10.2 Å².